The third-order valence-electron chi connectivity index (χ3n) is 2.82. The minimum Gasteiger partial charge on any atom is -0.387 e. The molecule has 1 N–H and O–H groups in total. The van der Waals surface area contributed by atoms with Crippen LogP contribution in [0.5, 0.6) is 0 Å². The molecule has 16 heavy (non-hydrogen) atoms. The lowest BCUT2D eigenvalue weighted by atomic mass is 9.96. The first-order valence-electron chi connectivity index (χ1n) is 5.27. The largest absolute Gasteiger partial charge is 0.387 e. The number of aryl methyl sites for hydroxylation is 1. The summed E-state index contributed by atoms with van der Waals surface area (Å²) in [5, 5.41) is 20.7. The highest BCUT2D eigenvalue weighted by molar-refractivity contribution is 5.88. The Labute approximate surface area is 94.8 Å². The van der Waals surface area contributed by atoms with Crippen LogP contribution in [0.25, 0.3) is 10.8 Å². The van der Waals surface area contributed by atoms with Gasteiger partial charge in [0.2, 0.25) is 0 Å². The molecule has 0 aromatic heterocycles. The zero-order chi connectivity index (χ0) is 11.5. The van der Waals surface area contributed by atoms with Crippen LogP contribution in [0.4, 0.5) is 0 Å². The first-order valence-corrected chi connectivity index (χ1v) is 5.27. The van der Waals surface area contributed by atoms with Crippen LogP contribution in [-0.2, 0) is 0 Å². The second-order valence-electron chi connectivity index (χ2n) is 3.90. The van der Waals surface area contributed by atoms with Crippen molar-refractivity contribution in [2.45, 2.75) is 19.4 Å². The van der Waals surface area contributed by atoms with Crippen LogP contribution < -0.4 is 0 Å². The predicted molar refractivity (Wildman–Crippen MR) is 63.9 cm³/mol. The van der Waals surface area contributed by atoms with Crippen LogP contribution in [0.3, 0.4) is 0 Å². The molecular weight excluding hydrogens is 198 g/mol. The summed E-state index contributed by atoms with van der Waals surface area (Å²) in [6, 6.07) is 13.8. The number of hydrogen-bond donors (Lipinski definition) is 1. The van der Waals surface area contributed by atoms with E-state index in [0.717, 1.165) is 16.3 Å². The Morgan fingerprint density at radius 2 is 1.88 bits per heavy atom. The molecule has 80 valence electrons. The van der Waals surface area contributed by atoms with Gasteiger partial charge in [-0.1, -0.05) is 36.4 Å². The average Bonchev–Trinajstić information content (AvgIpc) is 2.30. The van der Waals surface area contributed by atoms with Gasteiger partial charge in [-0.05, 0) is 28.8 Å². The normalized spacial score (nSPS) is 12.3. The van der Waals surface area contributed by atoms with Gasteiger partial charge in [0, 0.05) is 0 Å². The van der Waals surface area contributed by atoms with E-state index in [2.05, 4.69) is 0 Å². The molecule has 2 aromatic carbocycles. The molecule has 0 bridgehead atoms. The Bertz CT molecular complexity index is 554. The number of aliphatic hydroxyl groups excluding tert-OH is 1. The average molecular weight is 211 g/mol. The quantitative estimate of drug-likeness (QED) is 0.829. The third kappa shape index (κ3) is 1.78. The van der Waals surface area contributed by atoms with Crippen molar-refractivity contribution in [3.63, 3.8) is 0 Å². The van der Waals surface area contributed by atoms with Crippen molar-refractivity contribution in [2.75, 3.05) is 0 Å². The Kier molecular flexibility index (Phi) is 2.89. The molecule has 2 aromatic rings. The number of rotatable bonds is 2. The Balaban J connectivity index is 2.63. The van der Waals surface area contributed by atoms with Crippen molar-refractivity contribution in [1.29, 1.82) is 5.26 Å². The zero-order valence-electron chi connectivity index (χ0n) is 9.14. The summed E-state index contributed by atoms with van der Waals surface area (Å²) in [4.78, 5) is 0. The molecular formula is C14H13NO. The zero-order valence-corrected chi connectivity index (χ0v) is 9.14. The van der Waals surface area contributed by atoms with Gasteiger partial charge in [-0.25, -0.2) is 0 Å². The highest BCUT2D eigenvalue weighted by Crippen LogP contribution is 2.28. The molecule has 2 rings (SSSR count). The minimum absolute atomic E-state index is 0.132. The lowest BCUT2D eigenvalue weighted by Crippen LogP contribution is -1.97. The van der Waals surface area contributed by atoms with Crippen LogP contribution in [0, 0.1) is 18.3 Å². The summed E-state index contributed by atoms with van der Waals surface area (Å²) in [6.45, 7) is 2.04. The van der Waals surface area contributed by atoms with Crippen LogP contribution in [-0.4, -0.2) is 5.11 Å². The van der Waals surface area contributed by atoms with Crippen molar-refractivity contribution in [1.82, 2.24) is 0 Å². The lowest BCUT2D eigenvalue weighted by molar-refractivity contribution is 0.185. The van der Waals surface area contributed by atoms with E-state index >= 15 is 0 Å². The van der Waals surface area contributed by atoms with E-state index in [4.69, 9.17) is 5.26 Å². The lowest BCUT2D eigenvalue weighted by Gasteiger charge is -2.12. The maximum atomic E-state index is 9.89. The Morgan fingerprint density at radius 3 is 2.56 bits per heavy atom. The van der Waals surface area contributed by atoms with Crippen molar-refractivity contribution in [3.8, 4) is 6.07 Å². The molecule has 0 heterocycles. The van der Waals surface area contributed by atoms with Gasteiger partial charge >= 0.3 is 0 Å². The van der Waals surface area contributed by atoms with E-state index in [9.17, 15) is 5.11 Å². The second kappa shape index (κ2) is 4.34. The number of benzene rings is 2. The Hall–Kier alpha value is -1.85. The summed E-state index contributed by atoms with van der Waals surface area (Å²) in [7, 11) is 0. The molecule has 0 amide bonds. The van der Waals surface area contributed by atoms with E-state index in [1.807, 2.05) is 49.4 Å². The number of hydrogen-bond acceptors (Lipinski definition) is 2. The van der Waals surface area contributed by atoms with E-state index in [1.165, 1.54) is 5.56 Å². The van der Waals surface area contributed by atoms with Gasteiger partial charge in [-0.2, -0.15) is 5.26 Å². The van der Waals surface area contributed by atoms with Crippen molar-refractivity contribution in [2.24, 2.45) is 0 Å². The van der Waals surface area contributed by atoms with Crippen molar-refractivity contribution in [3.05, 3.63) is 47.5 Å². The number of fused-ring (bicyclic) bond motifs is 1. The fourth-order valence-corrected chi connectivity index (χ4v) is 1.96. The standard InChI is InChI=1S/C14H13NO/c1-10-6-7-13(14(16)8-9-15)12-5-3-2-4-11(10)12/h2-7,14,16H,8H2,1H3. The molecule has 0 fully saturated rings. The summed E-state index contributed by atoms with van der Waals surface area (Å²) in [5.41, 5.74) is 2.02. The molecule has 0 aliphatic carbocycles. The van der Waals surface area contributed by atoms with Gasteiger partial charge < -0.3 is 5.11 Å². The first-order chi connectivity index (χ1) is 7.74. The Morgan fingerprint density at radius 1 is 1.19 bits per heavy atom. The summed E-state index contributed by atoms with van der Waals surface area (Å²) in [6.07, 6.45) is -0.567. The molecule has 2 heteroatoms. The molecule has 0 spiro atoms. The molecule has 0 radical (unpaired) electrons. The SMILES string of the molecule is Cc1ccc(C(O)CC#N)c2ccccc12. The van der Waals surface area contributed by atoms with Crippen molar-refractivity contribution < 1.29 is 5.11 Å². The van der Waals surface area contributed by atoms with Gasteiger partial charge in [-0.15, -0.1) is 0 Å². The minimum atomic E-state index is -0.699. The molecule has 1 unspecified atom stereocenters. The molecule has 1 atom stereocenters. The summed E-state index contributed by atoms with van der Waals surface area (Å²) in [5.74, 6) is 0. The van der Waals surface area contributed by atoms with Crippen LogP contribution in [0.15, 0.2) is 36.4 Å². The fraction of sp³-hybridized carbons (Fsp3) is 0.214. The number of nitriles is 1. The molecule has 0 aliphatic heterocycles. The van der Waals surface area contributed by atoms with E-state index in [1.54, 1.807) is 0 Å². The van der Waals surface area contributed by atoms with Crippen LogP contribution in [0.2, 0.25) is 0 Å². The second-order valence-corrected chi connectivity index (χ2v) is 3.90. The van der Waals surface area contributed by atoms with Gasteiger partial charge in [0.05, 0.1) is 18.6 Å². The van der Waals surface area contributed by atoms with Gasteiger partial charge in [0.25, 0.3) is 0 Å². The van der Waals surface area contributed by atoms with Crippen molar-refractivity contribution >= 4 is 10.8 Å². The van der Waals surface area contributed by atoms with Gasteiger partial charge in [-0.3, -0.25) is 0 Å². The molecule has 0 aliphatic rings. The van der Waals surface area contributed by atoms with E-state index in [-0.39, 0.29) is 6.42 Å². The molecule has 2 nitrogen and oxygen atoms in total. The number of nitrogens with zero attached hydrogens (tertiary/aromatic N) is 1. The summed E-state index contributed by atoms with van der Waals surface area (Å²) < 4.78 is 0. The molecule has 0 saturated carbocycles. The maximum Gasteiger partial charge on any atom is 0.0925 e. The van der Waals surface area contributed by atoms with Gasteiger partial charge in [0.1, 0.15) is 0 Å². The van der Waals surface area contributed by atoms with Crippen LogP contribution in [0.1, 0.15) is 23.7 Å². The topological polar surface area (TPSA) is 44.0 Å². The van der Waals surface area contributed by atoms with Crippen LogP contribution >= 0.6 is 0 Å². The summed E-state index contributed by atoms with van der Waals surface area (Å²) >= 11 is 0. The van der Waals surface area contributed by atoms with E-state index in [0.29, 0.717) is 0 Å². The van der Waals surface area contributed by atoms with Gasteiger partial charge in [0.15, 0.2) is 0 Å². The molecule has 0 saturated heterocycles. The third-order valence-corrected chi connectivity index (χ3v) is 2.82. The maximum absolute atomic E-state index is 9.89. The first kappa shape index (κ1) is 10.7. The highest BCUT2D eigenvalue weighted by Gasteiger charge is 2.11. The van der Waals surface area contributed by atoms with E-state index < -0.39 is 6.10 Å². The smallest absolute Gasteiger partial charge is 0.0925 e. The highest BCUT2D eigenvalue weighted by atomic mass is 16.3. The number of aliphatic hydroxyl groups is 1. The fourth-order valence-electron chi connectivity index (χ4n) is 1.96. The monoisotopic (exact) mass is 211 g/mol. The predicted octanol–water partition coefficient (Wildman–Crippen LogP) is 3.10.